The summed E-state index contributed by atoms with van der Waals surface area (Å²) in [5.74, 6) is -44.3. The Kier molecular flexibility index (Phi) is 12.3. The molecular formula is C17H18F18O6S2. The highest BCUT2D eigenvalue weighted by Crippen LogP contribution is 2.55. The Morgan fingerprint density at radius 1 is 0.512 bits per heavy atom. The molecule has 0 amide bonds. The third kappa shape index (κ3) is 9.53. The Bertz CT molecular complexity index is 1140. The summed E-state index contributed by atoms with van der Waals surface area (Å²) in [5, 5.41) is 0. The van der Waals surface area contributed by atoms with Gasteiger partial charge in [0.05, 0.1) is 24.2 Å². The molecule has 43 heavy (non-hydrogen) atoms. The first-order valence-electron chi connectivity index (χ1n) is 10.7. The number of rotatable bonds is 17. The van der Waals surface area contributed by atoms with Crippen molar-refractivity contribution >= 4 is 20.2 Å². The summed E-state index contributed by atoms with van der Waals surface area (Å²) in [4.78, 5) is 0. The van der Waals surface area contributed by atoms with Crippen LogP contribution in [0.2, 0.25) is 0 Å². The van der Waals surface area contributed by atoms with Crippen LogP contribution < -0.4 is 0 Å². The molecule has 0 aromatic carbocycles. The standard InChI is InChI=1S/C17H18F18O6S2/c1-9(41-43(38,39)7-3-5-11(20,21)13(24,25)15(28,29)17(33,34)35)8-40-42(36,37)6-2-4-10(18,19)12(22,23)14(26,27)16(30,31)32/h9H,2-8H2,1H3. The van der Waals surface area contributed by atoms with Crippen LogP contribution in [0.4, 0.5) is 79.0 Å². The Morgan fingerprint density at radius 2 is 0.814 bits per heavy atom. The molecule has 0 saturated carbocycles. The molecule has 0 spiro atoms. The van der Waals surface area contributed by atoms with Crippen LogP contribution in [0.5, 0.6) is 0 Å². The number of hydrogen-bond donors (Lipinski definition) is 0. The van der Waals surface area contributed by atoms with Crippen LogP contribution in [0.1, 0.15) is 32.6 Å². The minimum Gasteiger partial charge on any atom is -0.267 e. The molecule has 26 heteroatoms. The lowest BCUT2D eigenvalue weighted by Crippen LogP contribution is -2.60. The summed E-state index contributed by atoms with van der Waals surface area (Å²) >= 11 is 0. The lowest BCUT2D eigenvalue weighted by atomic mass is 10.00. The van der Waals surface area contributed by atoms with Gasteiger partial charge in [0.25, 0.3) is 20.2 Å². The van der Waals surface area contributed by atoms with Crippen molar-refractivity contribution in [3.8, 4) is 0 Å². The highest BCUT2D eigenvalue weighted by atomic mass is 32.2. The molecule has 0 bridgehead atoms. The monoisotopic (exact) mass is 724 g/mol. The van der Waals surface area contributed by atoms with E-state index < -0.39 is 118 Å². The van der Waals surface area contributed by atoms with Gasteiger partial charge in [-0.2, -0.15) is 95.9 Å². The van der Waals surface area contributed by atoms with Crippen molar-refractivity contribution in [2.45, 2.75) is 86.6 Å². The average Bonchev–Trinajstić information content (AvgIpc) is 2.74. The van der Waals surface area contributed by atoms with Crippen LogP contribution in [0.15, 0.2) is 0 Å². The Labute approximate surface area is 229 Å². The SMILES string of the molecule is CC(COS(=O)(=O)CCCC(F)(F)C(F)(F)C(F)(F)C(F)(F)F)OS(=O)(=O)CCCC(F)(F)C(F)(F)C(F)(F)C(F)(F)F. The Hall–Kier alpha value is -1.44. The molecule has 0 radical (unpaired) electrons. The van der Waals surface area contributed by atoms with Crippen molar-refractivity contribution in [2.24, 2.45) is 0 Å². The number of hydrogen-bond acceptors (Lipinski definition) is 6. The van der Waals surface area contributed by atoms with Crippen molar-refractivity contribution in [1.29, 1.82) is 0 Å². The van der Waals surface area contributed by atoms with E-state index in [0.717, 1.165) is 0 Å². The fraction of sp³-hybridized carbons (Fsp3) is 1.00. The van der Waals surface area contributed by atoms with E-state index in [4.69, 9.17) is 0 Å². The first kappa shape index (κ1) is 41.6. The van der Waals surface area contributed by atoms with Gasteiger partial charge in [0.1, 0.15) is 0 Å². The van der Waals surface area contributed by atoms with Gasteiger partial charge in [-0.05, 0) is 19.8 Å². The van der Waals surface area contributed by atoms with Gasteiger partial charge < -0.3 is 0 Å². The predicted molar refractivity (Wildman–Crippen MR) is 104 cm³/mol. The molecule has 0 heterocycles. The second kappa shape index (κ2) is 12.7. The molecule has 0 saturated heterocycles. The van der Waals surface area contributed by atoms with Crippen LogP contribution in [0.25, 0.3) is 0 Å². The minimum absolute atomic E-state index is 0.633. The Morgan fingerprint density at radius 3 is 1.12 bits per heavy atom. The van der Waals surface area contributed by atoms with E-state index in [1.807, 2.05) is 0 Å². The first-order chi connectivity index (χ1) is 18.5. The highest BCUT2D eigenvalue weighted by molar-refractivity contribution is 7.87. The molecule has 6 nitrogen and oxygen atoms in total. The normalized spacial score (nSPS) is 16.4. The van der Waals surface area contributed by atoms with Crippen LogP contribution in [-0.4, -0.2) is 88.9 Å². The molecule has 0 aliphatic rings. The quantitative estimate of drug-likeness (QED) is 0.125. The molecule has 260 valence electrons. The zero-order chi connectivity index (χ0) is 34.9. The highest BCUT2D eigenvalue weighted by Gasteiger charge is 2.82. The van der Waals surface area contributed by atoms with Crippen molar-refractivity contribution in [3.05, 3.63) is 0 Å². The lowest BCUT2D eigenvalue weighted by molar-refractivity contribution is -0.396. The summed E-state index contributed by atoms with van der Waals surface area (Å²) in [6, 6.07) is 0. The minimum atomic E-state index is -7.23. The van der Waals surface area contributed by atoms with Gasteiger partial charge in [0.15, 0.2) is 0 Å². The van der Waals surface area contributed by atoms with Crippen LogP contribution in [-0.2, 0) is 28.6 Å². The van der Waals surface area contributed by atoms with Gasteiger partial charge >= 0.3 is 47.9 Å². The van der Waals surface area contributed by atoms with Crippen LogP contribution >= 0.6 is 0 Å². The smallest absolute Gasteiger partial charge is 0.267 e. The molecule has 0 aromatic heterocycles. The molecule has 0 aromatic rings. The molecule has 0 aliphatic carbocycles. The fourth-order valence-corrected chi connectivity index (χ4v) is 4.82. The van der Waals surface area contributed by atoms with Crippen molar-refractivity contribution in [1.82, 2.24) is 0 Å². The number of halogens is 18. The van der Waals surface area contributed by atoms with Gasteiger partial charge in [0, 0.05) is 12.8 Å². The predicted octanol–water partition coefficient (Wildman–Crippen LogP) is 6.56. The zero-order valence-electron chi connectivity index (χ0n) is 20.6. The van der Waals surface area contributed by atoms with E-state index >= 15 is 0 Å². The van der Waals surface area contributed by atoms with E-state index in [2.05, 4.69) is 8.37 Å². The fourth-order valence-electron chi connectivity index (χ4n) is 2.66. The van der Waals surface area contributed by atoms with Crippen molar-refractivity contribution < 1.29 is 104 Å². The Balaban J connectivity index is 5.06. The van der Waals surface area contributed by atoms with E-state index in [-0.39, 0.29) is 0 Å². The largest absolute Gasteiger partial charge is 0.460 e. The third-order valence-corrected chi connectivity index (χ3v) is 7.68. The van der Waals surface area contributed by atoms with Gasteiger partial charge in [-0.1, -0.05) is 0 Å². The van der Waals surface area contributed by atoms with Gasteiger partial charge in [-0.15, -0.1) is 0 Å². The summed E-state index contributed by atoms with van der Waals surface area (Å²) < 4.78 is 285. The maximum Gasteiger partial charge on any atom is 0.460 e. The molecule has 0 fully saturated rings. The van der Waals surface area contributed by atoms with E-state index in [1.54, 1.807) is 0 Å². The molecule has 1 unspecified atom stereocenters. The topological polar surface area (TPSA) is 86.7 Å². The summed E-state index contributed by atoms with van der Waals surface area (Å²) in [7, 11) is -10.3. The third-order valence-electron chi connectivity index (χ3n) is 4.98. The van der Waals surface area contributed by atoms with Crippen molar-refractivity contribution in [3.63, 3.8) is 0 Å². The van der Waals surface area contributed by atoms with E-state index in [9.17, 15) is 95.9 Å². The van der Waals surface area contributed by atoms with Gasteiger partial charge in [-0.3, -0.25) is 8.37 Å². The number of alkyl halides is 18. The van der Waals surface area contributed by atoms with E-state index in [1.165, 1.54) is 0 Å². The summed E-state index contributed by atoms with van der Waals surface area (Å²) in [5.41, 5.74) is 0. The van der Waals surface area contributed by atoms with Crippen LogP contribution in [0, 0.1) is 0 Å². The summed E-state index contributed by atoms with van der Waals surface area (Å²) in [6.07, 6.45) is -24.8. The molecule has 0 aliphatic heterocycles. The molecule has 0 rings (SSSR count). The van der Waals surface area contributed by atoms with E-state index in [0.29, 0.717) is 6.92 Å². The van der Waals surface area contributed by atoms with Gasteiger partial charge in [0.2, 0.25) is 0 Å². The second-order valence-electron chi connectivity index (χ2n) is 8.62. The van der Waals surface area contributed by atoms with Gasteiger partial charge in [-0.25, -0.2) is 0 Å². The lowest BCUT2D eigenvalue weighted by Gasteiger charge is -2.33. The average molecular weight is 724 g/mol. The molecular weight excluding hydrogens is 706 g/mol. The van der Waals surface area contributed by atoms with Crippen LogP contribution in [0.3, 0.4) is 0 Å². The zero-order valence-corrected chi connectivity index (χ0v) is 22.2. The molecule has 0 N–H and O–H groups in total. The second-order valence-corrected chi connectivity index (χ2v) is 12.1. The first-order valence-corrected chi connectivity index (χ1v) is 13.9. The molecule has 1 atom stereocenters. The van der Waals surface area contributed by atoms with Crippen molar-refractivity contribution in [2.75, 3.05) is 18.1 Å². The maximum absolute atomic E-state index is 13.4. The summed E-state index contributed by atoms with van der Waals surface area (Å²) in [6.45, 7) is -0.792. The maximum atomic E-state index is 13.4.